The van der Waals surface area contributed by atoms with Crippen LogP contribution in [0.4, 0.5) is 20.6 Å². The number of fused-ring (bicyclic) bond motifs is 1. The lowest BCUT2D eigenvalue weighted by Gasteiger charge is -2.09. The second kappa shape index (κ2) is 8.54. The smallest absolute Gasteiger partial charge is 0.374 e. The zero-order valence-corrected chi connectivity index (χ0v) is 16.2. The number of methoxy groups -OCH3 is 1. The number of carbonyl (C=O) groups is 2. The number of carbonyl (C=O) groups excluding carboxylic acids is 2. The average Bonchev–Trinajstić information content (AvgIpc) is 3.22. The van der Waals surface area contributed by atoms with Crippen molar-refractivity contribution in [2.45, 2.75) is 0 Å². The Morgan fingerprint density at radius 2 is 1.61 bits per heavy atom. The highest BCUT2D eigenvalue weighted by Gasteiger charge is 2.16. The van der Waals surface area contributed by atoms with Gasteiger partial charge in [0.25, 0.3) is 0 Å². The van der Waals surface area contributed by atoms with Gasteiger partial charge >= 0.3 is 12.0 Å². The third kappa shape index (κ3) is 4.61. The Kier molecular flexibility index (Phi) is 5.48. The summed E-state index contributed by atoms with van der Waals surface area (Å²) in [4.78, 5) is 27.8. The zero-order valence-electron chi connectivity index (χ0n) is 16.2. The predicted octanol–water partition coefficient (Wildman–Crippen LogP) is 5.19. The van der Waals surface area contributed by atoms with Gasteiger partial charge in [-0.25, -0.2) is 19.0 Å². The van der Waals surface area contributed by atoms with Gasteiger partial charge in [-0.1, -0.05) is 0 Å². The maximum atomic E-state index is 12.9. The van der Waals surface area contributed by atoms with E-state index in [9.17, 15) is 14.0 Å². The van der Waals surface area contributed by atoms with Crippen LogP contribution in [0.15, 0.2) is 71.3 Å². The Morgan fingerprint density at radius 1 is 0.968 bits per heavy atom. The maximum Gasteiger partial charge on any atom is 0.374 e. The van der Waals surface area contributed by atoms with Crippen molar-refractivity contribution >= 4 is 34.5 Å². The number of furan rings is 1. The molecule has 0 aliphatic heterocycles. The summed E-state index contributed by atoms with van der Waals surface area (Å²) in [6.07, 6.45) is 1.50. The monoisotopic (exact) mass is 421 g/mol. The highest BCUT2D eigenvalue weighted by Crippen LogP contribution is 2.31. The zero-order chi connectivity index (χ0) is 21.8. The Bertz CT molecular complexity index is 1240. The number of rotatable bonds is 5. The molecule has 0 saturated heterocycles. The Hall–Kier alpha value is -4.40. The van der Waals surface area contributed by atoms with E-state index in [-0.39, 0.29) is 17.3 Å². The summed E-state index contributed by atoms with van der Waals surface area (Å²) in [6, 6.07) is 14.8. The van der Waals surface area contributed by atoms with Gasteiger partial charge < -0.3 is 24.5 Å². The van der Waals surface area contributed by atoms with E-state index >= 15 is 0 Å². The molecule has 2 heterocycles. The van der Waals surface area contributed by atoms with Gasteiger partial charge in [-0.05, 0) is 48.5 Å². The lowest BCUT2D eigenvalue weighted by molar-refractivity contribution is 0.0567. The molecule has 0 atom stereocenters. The molecule has 156 valence electrons. The van der Waals surface area contributed by atoms with Crippen LogP contribution in [0, 0.1) is 5.82 Å². The molecule has 0 unspecified atom stereocenters. The fraction of sp³-hybridized carbons (Fsp3) is 0.0455. The number of amides is 2. The first kappa shape index (κ1) is 19.9. The molecule has 2 N–H and O–H groups in total. The van der Waals surface area contributed by atoms with Crippen LogP contribution in [-0.4, -0.2) is 24.1 Å². The van der Waals surface area contributed by atoms with E-state index in [2.05, 4.69) is 20.4 Å². The molecule has 0 spiro atoms. The molecule has 0 saturated carbocycles. The first-order chi connectivity index (χ1) is 15.0. The number of benzene rings is 2. The Morgan fingerprint density at radius 3 is 2.26 bits per heavy atom. The first-order valence-corrected chi connectivity index (χ1v) is 9.10. The highest BCUT2D eigenvalue weighted by atomic mass is 19.1. The number of ether oxygens (including phenoxy) is 2. The summed E-state index contributed by atoms with van der Waals surface area (Å²) in [5.41, 5.74) is 1.24. The number of hydrogen-bond donors (Lipinski definition) is 2. The van der Waals surface area contributed by atoms with Crippen LogP contribution in [0.1, 0.15) is 10.6 Å². The van der Waals surface area contributed by atoms with Crippen LogP contribution in [0.25, 0.3) is 11.1 Å². The molecule has 0 aliphatic rings. The summed E-state index contributed by atoms with van der Waals surface area (Å²) in [6.45, 7) is 0. The van der Waals surface area contributed by atoms with Crippen LogP contribution in [-0.2, 0) is 4.74 Å². The average molecular weight is 421 g/mol. The van der Waals surface area contributed by atoms with Gasteiger partial charge in [-0.2, -0.15) is 0 Å². The van der Waals surface area contributed by atoms with E-state index in [1.165, 1.54) is 43.6 Å². The normalized spacial score (nSPS) is 10.5. The standard InChI is InChI=1S/C22H16FN3O5/c1-29-21(27)19-12-17-18(10-11-24-20(17)31-19)30-16-8-6-15(7-9-16)26-22(28)25-14-4-2-13(23)3-5-14/h2-12H,1H3,(H2,25,26,28). The molecular formula is C22H16FN3O5. The molecule has 4 rings (SSSR count). The number of urea groups is 1. The lowest BCUT2D eigenvalue weighted by atomic mass is 10.2. The minimum atomic E-state index is -0.613. The van der Waals surface area contributed by atoms with Gasteiger partial charge in [0.2, 0.25) is 11.5 Å². The molecule has 4 aromatic rings. The van der Waals surface area contributed by atoms with E-state index in [1.54, 1.807) is 30.3 Å². The van der Waals surface area contributed by atoms with Gasteiger partial charge in [0, 0.05) is 29.7 Å². The number of pyridine rings is 1. The molecule has 0 fully saturated rings. The number of anilines is 2. The van der Waals surface area contributed by atoms with E-state index in [4.69, 9.17) is 9.15 Å². The minimum absolute atomic E-state index is 0.0211. The van der Waals surface area contributed by atoms with Crippen LogP contribution in [0.3, 0.4) is 0 Å². The van der Waals surface area contributed by atoms with Gasteiger partial charge in [0.1, 0.15) is 17.3 Å². The quantitative estimate of drug-likeness (QED) is 0.430. The highest BCUT2D eigenvalue weighted by molar-refractivity contribution is 5.99. The van der Waals surface area contributed by atoms with Gasteiger partial charge in [-0.3, -0.25) is 0 Å². The van der Waals surface area contributed by atoms with E-state index < -0.39 is 12.0 Å². The van der Waals surface area contributed by atoms with E-state index in [0.717, 1.165) is 0 Å². The molecule has 0 bridgehead atoms. The second-order valence-electron chi connectivity index (χ2n) is 6.34. The van der Waals surface area contributed by atoms with E-state index in [0.29, 0.717) is 28.3 Å². The maximum absolute atomic E-state index is 12.9. The van der Waals surface area contributed by atoms with Crippen LogP contribution < -0.4 is 15.4 Å². The number of halogens is 1. The summed E-state index contributed by atoms with van der Waals surface area (Å²) >= 11 is 0. The Labute approximate surface area is 175 Å². The lowest BCUT2D eigenvalue weighted by Crippen LogP contribution is -2.19. The summed E-state index contributed by atoms with van der Waals surface area (Å²) < 4.78 is 28.8. The Balaban J connectivity index is 1.44. The number of hydrogen-bond acceptors (Lipinski definition) is 6. The molecular weight excluding hydrogens is 405 g/mol. The van der Waals surface area contributed by atoms with Crippen LogP contribution >= 0.6 is 0 Å². The van der Waals surface area contributed by atoms with Crippen molar-refractivity contribution < 1.29 is 27.9 Å². The molecule has 8 nitrogen and oxygen atoms in total. The molecule has 2 aromatic heterocycles. The SMILES string of the molecule is COC(=O)c1cc2c(Oc3ccc(NC(=O)Nc4ccc(F)cc4)cc3)ccnc2o1. The molecule has 0 radical (unpaired) electrons. The minimum Gasteiger partial charge on any atom is -0.463 e. The molecule has 2 amide bonds. The van der Waals surface area contributed by atoms with Gasteiger partial charge in [0.05, 0.1) is 12.5 Å². The van der Waals surface area contributed by atoms with Crippen molar-refractivity contribution in [3.63, 3.8) is 0 Å². The topological polar surface area (TPSA) is 103 Å². The third-order valence-electron chi connectivity index (χ3n) is 4.22. The van der Waals surface area contributed by atoms with Crippen molar-refractivity contribution in [2.24, 2.45) is 0 Å². The third-order valence-corrected chi connectivity index (χ3v) is 4.22. The molecule has 0 aliphatic carbocycles. The first-order valence-electron chi connectivity index (χ1n) is 9.10. The van der Waals surface area contributed by atoms with E-state index in [1.807, 2.05) is 0 Å². The van der Waals surface area contributed by atoms with Gasteiger partial charge in [-0.15, -0.1) is 0 Å². The summed E-state index contributed by atoms with van der Waals surface area (Å²) in [7, 11) is 1.26. The van der Waals surface area contributed by atoms with Crippen molar-refractivity contribution in [3.05, 3.63) is 78.4 Å². The number of esters is 1. The van der Waals surface area contributed by atoms with Crippen molar-refractivity contribution in [1.29, 1.82) is 0 Å². The summed E-state index contributed by atoms with van der Waals surface area (Å²) in [5, 5.41) is 5.79. The number of aromatic nitrogens is 1. The fourth-order valence-corrected chi connectivity index (χ4v) is 2.77. The number of nitrogens with one attached hydrogen (secondary N) is 2. The van der Waals surface area contributed by atoms with Crippen molar-refractivity contribution in [3.8, 4) is 11.5 Å². The summed E-state index contributed by atoms with van der Waals surface area (Å²) in [5.74, 6) is -0.0347. The van der Waals surface area contributed by atoms with Crippen molar-refractivity contribution in [2.75, 3.05) is 17.7 Å². The van der Waals surface area contributed by atoms with Crippen molar-refractivity contribution in [1.82, 2.24) is 4.98 Å². The molecule has 9 heteroatoms. The molecule has 31 heavy (non-hydrogen) atoms. The van der Waals surface area contributed by atoms with Gasteiger partial charge in [0.15, 0.2) is 0 Å². The number of nitrogens with zero attached hydrogens (tertiary/aromatic N) is 1. The van der Waals surface area contributed by atoms with Crippen LogP contribution in [0.5, 0.6) is 11.5 Å². The molecule has 2 aromatic carbocycles. The fourth-order valence-electron chi connectivity index (χ4n) is 2.77. The largest absolute Gasteiger partial charge is 0.463 e. The predicted molar refractivity (Wildman–Crippen MR) is 111 cm³/mol. The second-order valence-corrected chi connectivity index (χ2v) is 6.34. The van der Waals surface area contributed by atoms with Crippen LogP contribution in [0.2, 0.25) is 0 Å².